The summed E-state index contributed by atoms with van der Waals surface area (Å²) in [7, 11) is 0. The van der Waals surface area contributed by atoms with Gasteiger partial charge in [0, 0.05) is 41.3 Å². The first-order valence-electron chi connectivity index (χ1n) is 15.1. The number of pyridine rings is 2. The molecule has 0 saturated carbocycles. The lowest BCUT2D eigenvalue weighted by molar-refractivity contribution is 0.0696. The maximum absolute atomic E-state index is 15.7. The van der Waals surface area contributed by atoms with Crippen molar-refractivity contribution in [3.8, 4) is 23.0 Å². The molecule has 49 heavy (non-hydrogen) atoms. The van der Waals surface area contributed by atoms with Gasteiger partial charge >= 0.3 is 5.97 Å². The van der Waals surface area contributed by atoms with Gasteiger partial charge in [0.15, 0.2) is 11.6 Å². The molecule has 250 valence electrons. The number of fused-ring (bicyclic) bond motifs is 1. The number of carboxylic acids is 1. The third-order valence-corrected chi connectivity index (χ3v) is 8.82. The molecule has 1 aliphatic heterocycles. The Morgan fingerprint density at radius 3 is 2.63 bits per heavy atom. The van der Waals surface area contributed by atoms with Crippen LogP contribution < -0.4 is 4.74 Å². The van der Waals surface area contributed by atoms with Crippen LogP contribution in [0.4, 0.5) is 13.2 Å². The van der Waals surface area contributed by atoms with Crippen LogP contribution >= 0.6 is 11.6 Å². The van der Waals surface area contributed by atoms with Gasteiger partial charge in [-0.15, -0.1) is 5.10 Å². The highest BCUT2D eigenvalue weighted by atomic mass is 35.5. The van der Waals surface area contributed by atoms with E-state index in [2.05, 4.69) is 25.3 Å². The van der Waals surface area contributed by atoms with Crippen molar-refractivity contribution in [2.24, 2.45) is 5.41 Å². The molecule has 1 N–H and O–H groups in total. The summed E-state index contributed by atoms with van der Waals surface area (Å²) >= 11 is 6.41. The molecule has 0 aliphatic carbocycles. The van der Waals surface area contributed by atoms with E-state index in [9.17, 15) is 9.90 Å². The zero-order valence-electron chi connectivity index (χ0n) is 26.1. The first-order valence-corrected chi connectivity index (χ1v) is 15.5. The van der Waals surface area contributed by atoms with Gasteiger partial charge in [-0.3, -0.25) is 0 Å². The fraction of sp³-hybridized carbons (Fsp3) is 0.235. The number of hydrogen-bond donors (Lipinski definition) is 1. The number of rotatable bonds is 9. The second-order valence-electron chi connectivity index (χ2n) is 12.3. The monoisotopic (exact) mass is 689 g/mol. The highest BCUT2D eigenvalue weighted by Gasteiger charge is 2.39. The summed E-state index contributed by atoms with van der Waals surface area (Å²) in [4.78, 5) is 24.9. The number of imidazole rings is 1. The van der Waals surface area contributed by atoms with Crippen LogP contribution in [0.1, 0.15) is 47.2 Å². The molecule has 15 heteroatoms. The number of benzene rings is 2. The average Bonchev–Trinajstić information content (AvgIpc) is 3.81. The third kappa shape index (κ3) is 6.20. The van der Waals surface area contributed by atoms with E-state index in [0.717, 1.165) is 18.2 Å². The van der Waals surface area contributed by atoms with Crippen LogP contribution in [0.2, 0.25) is 5.02 Å². The maximum Gasteiger partial charge on any atom is 0.335 e. The molecular formula is C34H27ClF3N7O4. The molecule has 0 spiro atoms. The molecule has 11 nitrogen and oxygen atoms in total. The minimum atomic E-state index is -1.30. The van der Waals surface area contributed by atoms with Crippen molar-refractivity contribution < 1.29 is 32.5 Å². The minimum Gasteiger partial charge on any atom is -0.478 e. The van der Waals surface area contributed by atoms with Crippen LogP contribution in [0.25, 0.3) is 28.1 Å². The largest absolute Gasteiger partial charge is 0.478 e. The lowest BCUT2D eigenvalue weighted by Crippen LogP contribution is -2.27. The standard InChI is InChI=1S/C34H27ClF3N7O4/c1-34(2)17-48-16-28(34)45-27-10-19(33(46)47)9-25(38)32(27)42-30(45)11-18-8-24(37)21(12-23(18)36)26-4-3-5-31(41-26)49-15-20-14-39-29(13-22(20)35)44-7-6-40-43-44/h3-10,12-14,28H,11,15-17H2,1-2H3,(H,46,47). The summed E-state index contributed by atoms with van der Waals surface area (Å²) in [6, 6.07) is 10.3. The molecular weight excluding hydrogens is 663 g/mol. The number of carbonyl (C=O) groups is 1. The van der Waals surface area contributed by atoms with Gasteiger partial charge < -0.3 is 19.1 Å². The number of aromatic carboxylic acids is 1. The van der Waals surface area contributed by atoms with Crippen LogP contribution in [0.5, 0.6) is 5.88 Å². The number of carboxylic acid groups (broad SMARTS) is 1. The number of halogens is 4. The molecule has 0 bridgehead atoms. The van der Waals surface area contributed by atoms with E-state index in [0.29, 0.717) is 23.0 Å². The van der Waals surface area contributed by atoms with Crippen molar-refractivity contribution in [3.05, 3.63) is 112 Å². The maximum atomic E-state index is 15.7. The molecule has 0 radical (unpaired) electrons. The van der Waals surface area contributed by atoms with Gasteiger partial charge in [0.1, 0.15) is 29.6 Å². The highest BCUT2D eigenvalue weighted by molar-refractivity contribution is 6.31. The normalized spacial score (nSPS) is 15.6. The highest BCUT2D eigenvalue weighted by Crippen LogP contribution is 2.41. The van der Waals surface area contributed by atoms with Crippen LogP contribution in [0, 0.1) is 22.9 Å². The molecule has 1 atom stereocenters. The Bertz CT molecular complexity index is 2230. The predicted molar refractivity (Wildman–Crippen MR) is 171 cm³/mol. The summed E-state index contributed by atoms with van der Waals surface area (Å²) in [5.74, 6) is -2.75. The van der Waals surface area contributed by atoms with Crippen molar-refractivity contribution >= 4 is 28.6 Å². The number of nitrogens with zero attached hydrogens (tertiary/aromatic N) is 7. The van der Waals surface area contributed by atoms with Crippen molar-refractivity contribution in [1.29, 1.82) is 0 Å². The number of ether oxygens (including phenoxy) is 2. The van der Waals surface area contributed by atoms with E-state index in [1.54, 1.807) is 29.0 Å². The van der Waals surface area contributed by atoms with Crippen LogP contribution in [-0.4, -0.2) is 58.8 Å². The Morgan fingerprint density at radius 2 is 1.92 bits per heavy atom. The van der Waals surface area contributed by atoms with Gasteiger partial charge in [-0.2, -0.15) is 0 Å². The summed E-state index contributed by atoms with van der Waals surface area (Å²) in [5.41, 5.74) is 0.0476. The number of aromatic nitrogens is 7. The molecule has 1 saturated heterocycles. The third-order valence-electron chi connectivity index (χ3n) is 8.46. The summed E-state index contributed by atoms with van der Waals surface area (Å²) < 4.78 is 61.2. The van der Waals surface area contributed by atoms with Crippen LogP contribution in [0.15, 0.2) is 67.1 Å². The Balaban J connectivity index is 1.16. The quantitative estimate of drug-likeness (QED) is 0.178. The Kier molecular flexibility index (Phi) is 8.28. The summed E-state index contributed by atoms with van der Waals surface area (Å²) in [6.45, 7) is 4.57. The van der Waals surface area contributed by atoms with E-state index in [-0.39, 0.29) is 70.8 Å². The summed E-state index contributed by atoms with van der Waals surface area (Å²) in [5, 5.41) is 17.6. The lowest BCUT2D eigenvalue weighted by atomic mass is 9.87. The SMILES string of the molecule is CC1(C)COCC1n1c(Cc2cc(F)c(-c3cccc(OCc4cnc(-n5ccnn5)cc4Cl)n3)cc2F)nc2c(F)cc(C(=O)O)cc21. The Labute approximate surface area is 281 Å². The zero-order chi connectivity index (χ0) is 34.4. The molecule has 5 heterocycles. The molecule has 7 rings (SSSR count). The molecule has 1 fully saturated rings. The first-order chi connectivity index (χ1) is 23.5. The van der Waals surface area contributed by atoms with Crippen molar-refractivity contribution in [1.82, 2.24) is 34.5 Å². The van der Waals surface area contributed by atoms with E-state index in [4.69, 9.17) is 21.1 Å². The van der Waals surface area contributed by atoms with Crippen LogP contribution in [-0.2, 0) is 17.8 Å². The average molecular weight is 690 g/mol. The van der Waals surface area contributed by atoms with Gasteiger partial charge in [0.25, 0.3) is 0 Å². The van der Waals surface area contributed by atoms with Gasteiger partial charge in [0.05, 0.1) is 53.4 Å². The number of hydrogen-bond acceptors (Lipinski definition) is 8. The fourth-order valence-corrected chi connectivity index (χ4v) is 6.08. The molecule has 4 aromatic heterocycles. The van der Waals surface area contributed by atoms with Crippen molar-refractivity contribution in [2.45, 2.75) is 32.9 Å². The van der Waals surface area contributed by atoms with Crippen molar-refractivity contribution in [2.75, 3.05) is 13.2 Å². The van der Waals surface area contributed by atoms with Gasteiger partial charge in [-0.25, -0.2) is 37.6 Å². The molecule has 1 unspecified atom stereocenters. The van der Waals surface area contributed by atoms with Crippen molar-refractivity contribution in [3.63, 3.8) is 0 Å². The smallest absolute Gasteiger partial charge is 0.335 e. The summed E-state index contributed by atoms with van der Waals surface area (Å²) in [6.07, 6.45) is 4.47. The molecule has 6 aromatic rings. The lowest BCUT2D eigenvalue weighted by Gasteiger charge is -2.28. The first kappa shape index (κ1) is 32.2. The van der Waals surface area contributed by atoms with E-state index >= 15 is 13.2 Å². The predicted octanol–water partition coefficient (Wildman–Crippen LogP) is 6.61. The Morgan fingerprint density at radius 1 is 1.08 bits per heavy atom. The molecule has 2 aromatic carbocycles. The van der Waals surface area contributed by atoms with E-state index < -0.39 is 28.8 Å². The topological polar surface area (TPSA) is 130 Å². The van der Waals surface area contributed by atoms with Gasteiger partial charge in [-0.05, 0) is 35.9 Å². The van der Waals surface area contributed by atoms with E-state index in [1.165, 1.54) is 29.2 Å². The van der Waals surface area contributed by atoms with Crippen LogP contribution in [0.3, 0.4) is 0 Å². The second-order valence-corrected chi connectivity index (χ2v) is 12.7. The molecule has 1 aliphatic rings. The minimum absolute atomic E-state index is 0.00803. The Hall–Kier alpha value is -5.34. The fourth-order valence-electron chi connectivity index (χ4n) is 5.87. The van der Waals surface area contributed by atoms with Gasteiger partial charge in [-0.1, -0.05) is 36.7 Å². The second kappa shape index (κ2) is 12.6. The molecule has 0 amide bonds. The zero-order valence-corrected chi connectivity index (χ0v) is 26.8. The van der Waals surface area contributed by atoms with E-state index in [1.807, 2.05) is 13.8 Å². The van der Waals surface area contributed by atoms with Gasteiger partial charge in [0.2, 0.25) is 5.88 Å².